The first-order valence-corrected chi connectivity index (χ1v) is 8.08. The highest BCUT2D eigenvalue weighted by molar-refractivity contribution is 5.95. The van der Waals surface area contributed by atoms with Crippen molar-refractivity contribution in [2.45, 2.75) is 39.2 Å². The van der Waals surface area contributed by atoms with Crippen molar-refractivity contribution in [3.63, 3.8) is 0 Å². The van der Waals surface area contributed by atoms with Crippen LogP contribution in [0.2, 0.25) is 0 Å². The van der Waals surface area contributed by atoms with E-state index in [0.29, 0.717) is 12.1 Å². The minimum atomic E-state index is -0.350. The number of amides is 1. The number of aryl methyl sites for hydroxylation is 1. The van der Waals surface area contributed by atoms with E-state index in [2.05, 4.69) is 22.4 Å². The number of benzene rings is 1. The van der Waals surface area contributed by atoms with Gasteiger partial charge in [0, 0.05) is 24.5 Å². The van der Waals surface area contributed by atoms with Crippen molar-refractivity contribution in [1.29, 1.82) is 0 Å². The number of hydrogen-bond acceptors (Lipinski definition) is 3. The molecule has 0 bridgehead atoms. The van der Waals surface area contributed by atoms with Gasteiger partial charge >= 0.3 is 0 Å². The second-order valence-electron chi connectivity index (χ2n) is 5.97. The zero-order chi connectivity index (χ0) is 16.9. The third-order valence-corrected chi connectivity index (χ3v) is 4.51. The molecule has 0 fully saturated rings. The third-order valence-electron chi connectivity index (χ3n) is 4.51. The van der Waals surface area contributed by atoms with E-state index >= 15 is 0 Å². The molecule has 0 atom stereocenters. The maximum absolute atomic E-state index is 12.6. The highest BCUT2D eigenvalue weighted by Gasteiger charge is 2.26. The number of nitrogens with one attached hydrogen (secondary N) is 1. The first-order chi connectivity index (χ1) is 11.0. The molecular weight excluding hydrogens is 286 g/mol. The molecule has 1 amide bonds. The van der Waals surface area contributed by atoms with Gasteiger partial charge in [0.15, 0.2) is 0 Å². The van der Waals surface area contributed by atoms with Crippen LogP contribution >= 0.6 is 0 Å². The van der Waals surface area contributed by atoms with E-state index in [-0.39, 0.29) is 11.4 Å². The lowest BCUT2D eigenvalue weighted by molar-refractivity contribution is 0.0895. The number of aromatic nitrogens is 1. The molecule has 0 saturated carbocycles. The average molecular weight is 311 g/mol. The van der Waals surface area contributed by atoms with Crippen LogP contribution in [-0.2, 0) is 0 Å². The van der Waals surface area contributed by atoms with Gasteiger partial charge in [-0.05, 0) is 31.4 Å². The molecule has 4 nitrogen and oxygen atoms in total. The van der Waals surface area contributed by atoms with E-state index in [0.717, 1.165) is 24.0 Å². The molecule has 0 aliphatic rings. The highest BCUT2D eigenvalue weighted by Crippen LogP contribution is 2.21. The summed E-state index contributed by atoms with van der Waals surface area (Å²) in [5.74, 6) is -0.124. The topological polar surface area (TPSA) is 68.0 Å². The fourth-order valence-electron chi connectivity index (χ4n) is 2.55. The van der Waals surface area contributed by atoms with E-state index in [1.807, 2.05) is 39.0 Å². The first-order valence-electron chi connectivity index (χ1n) is 8.08. The Morgan fingerprint density at radius 2 is 1.78 bits per heavy atom. The molecule has 2 aromatic rings. The fraction of sp³-hybridized carbons (Fsp3) is 0.368. The predicted molar refractivity (Wildman–Crippen MR) is 94.2 cm³/mol. The van der Waals surface area contributed by atoms with Crippen molar-refractivity contribution in [3.05, 3.63) is 53.9 Å². The Morgan fingerprint density at radius 3 is 2.35 bits per heavy atom. The Kier molecular flexibility index (Phi) is 5.50. The molecule has 0 saturated heterocycles. The van der Waals surface area contributed by atoms with Gasteiger partial charge in [0.1, 0.15) is 0 Å². The molecule has 0 radical (unpaired) electrons. The second kappa shape index (κ2) is 7.38. The summed E-state index contributed by atoms with van der Waals surface area (Å²) in [4.78, 5) is 16.8. The van der Waals surface area contributed by atoms with Gasteiger partial charge < -0.3 is 11.1 Å². The molecule has 3 N–H and O–H groups in total. The molecular formula is C19H25N3O. The summed E-state index contributed by atoms with van der Waals surface area (Å²) in [5, 5.41) is 3.08. The van der Waals surface area contributed by atoms with Crippen LogP contribution in [0.1, 0.15) is 42.6 Å². The molecule has 0 aliphatic carbocycles. The number of rotatable bonds is 6. The SMILES string of the molecule is CCC(CC)(CN)NC(=O)c1cncc(-c2ccc(C)cc2)c1. The Labute approximate surface area is 138 Å². The smallest absolute Gasteiger partial charge is 0.253 e. The lowest BCUT2D eigenvalue weighted by Gasteiger charge is -2.31. The summed E-state index contributed by atoms with van der Waals surface area (Å²) in [7, 11) is 0. The van der Waals surface area contributed by atoms with Gasteiger partial charge in [0.2, 0.25) is 0 Å². The van der Waals surface area contributed by atoms with Crippen LogP contribution < -0.4 is 11.1 Å². The Balaban J connectivity index is 2.25. The summed E-state index contributed by atoms with van der Waals surface area (Å²) in [6, 6.07) is 10.1. The summed E-state index contributed by atoms with van der Waals surface area (Å²) in [5.41, 5.74) is 9.25. The highest BCUT2D eigenvalue weighted by atomic mass is 16.1. The van der Waals surface area contributed by atoms with Gasteiger partial charge in [-0.15, -0.1) is 0 Å². The zero-order valence-corrected chi connectivity index (χ0v) is 14.1. The van der Waals surface area contributed by atoms with Crippen LogP contribution in [0.25, 0.3) is 11.1 Å². The van der Waals surface area contributed by atoms with E-state index in [9.17, 15) is 4.79 Å². The average Bonchev–Trinajstić information content (AvgIpc) is 2.60. The van der Waals surface area contributed by atoms with Crippen LogP contribution in [-0.4, -0.2) is 23.0 Å². The number of nitrogens with two attached hydrogens (primary N) is 1. The lowest BCUT2D eigenvalue weighted by atomic mass is 9.92. The fourth-order valence-corrected chi connectivity index (χ4v) is 2.55. The Bertz CT molecular complexity index is 652. The number of carbonyl (C=O) groups is 1. The van der Waals surface area contributed by atoms with Crippen LogP contribution in [0.3, 0.4) is 0 Å². The summed E-state index contributed by atoms with van der Waals surface area (Å²) in [6.07, 6.45) is 4.98. The van der Waals surface area contributed by atoms with Crippen LogP contribution in [0.5, 0.6) is 0 Å². The summed E-state index contributed by atoms with van der Waals surface area (Å²) < 4.78 is 0. The van der Waals surface area contributed by atoms with E-state index < -0.39 is 0 Å². The summed E-state index contributed by atoms with van der Waals surface area (Å²) >= 11 is 0. The van der Waals surface area contributed by atoms with Crippen molar-refractivity contribution in [2.24, 2.45) is 5.73 Å². The van der Waals surface area contributed by atoms with E-state index in [1.165, 1.54) is 5.56 Å². The van der Waals surface area contributed by atoms with Gasteiger partial charge in [0.25, 0.3) is 5.91 Å². The molecule has 122 valence electrons. The standard InChI is InChI=1S/C19H25N3O/c1-4-19(5-2,13-20)22-18(23)17-10-16(11-21-12-17)15-8-6-14(3)7-9-15/h6-12H,4-5,13,20H2,1-3H3,(H,22,23). The maximum atomic E-state index is 12.6. The lowest BCUT2D eigenvalue weighted by Crippen LogP contribution is -2.52. The van der Waals surface area contributed by atoms with Gasteiger partial charge in [-0.2, -0.15) is 0 Å². The Morgan fingerprint density at radius 1 is 1.13 bits per heavy atom. The minimum absolute atomic E-state index is 0.124. The number of hydrogen-bond donors (Lipinski definition) is 2. The maximum Gasteiger partial charge on any atom is 0.253 e. The van der Waals surface area contributed by atoms with Crippen LogP contribution in [0, 0.1) is 6.92 Å². The largest absolute Gasteiger partial charge is 0.345 e. The normalized spacial score (nSPS) is 11.3. The van der Waals surface area contributed by atoms with Gasteiger partial charge in [0.05, 0.1) is 11.1 Å². The van der Waals surface area contributed by atoms with Crippen LogP contribution in [0.15, 0.2) is 42.7 Å². The molecule has 0 unspecified atom stereocenters. The first kappa shape index (κ1) is 17.2. The van der Waals surface area contributed by atoms with Crippen molar-refractivity contribution < 1.29 is 4.79 Å². The molecule has 23 heavy (non-hydrogen) atoms. The molecule has 0 spiro atoms. The zero-order valence-electron chi connectivity index (χ0n) is 14.1. The molecule has 1 heterocycles. The molecule has 1 aromatic carbocycles. The monoisotopic (exact) mass is 311 g/mol. The number of carbonyl (C=O) groups excluding carboxylic acids is 1. The van der Waals surface area contributed by atoms with Gasteiger partial charge in [-0.3, -0.25) is 9.78 Å². The summed E-state index contributed by atoms with van der Waals surface area (Å²) in [6.45, 7) is 6.56. The van der Waals surface area contributed by atoms with Crippen molar-refractivity contribution in [3.8, 4) is 11.1 Å². The minimum Gasteiger partial charge on any atom is -0.345 e. The molecule has 2 rings (SSSR count). The van der Waals surface area contributed by atoms with Gasteiger partial charge in [-0.1, -0.05) is 43.7 Å². The predicted octanol–water partition coefficient (Wildman–Crippen LogP) is 3.30. The van der Waals surface area contributed by atoms with Crippen molar-refractivity contribution >= 4 is 5.91 Å². The number of pyridine rings is 1. The Hall–Kier alpha value is -2.20. The van der Waals surface area contributed by atoms with Gasteiger partial charge in [-0.25, -0.2) is 0 Å². The van der Waals surface area contributed by atoms with Crippen molar-refractivity contribution in [2.75, 3.05) is 6.54 Å². The molecule has 1 aromatic heterocycles. The van der Waals surface area contributed by atoms with Crippen LogP contribution in [0.4, 0.5) is 0 Å². The third kappa shape index (κ3) is 3.96. The van der Waals surface area contributed by atoms with E-state index in [4.69, 9.17) is 5.73 Å². The second-order valence-corrected chi connectivity index (χ2v) is 5.97. The number of nitrogens with zero attached hydrogens (tertiary/aromatic N) is 1. The molecule has 0 aliphatic heterocycles. The molecule has 4 heteroatoms. The quantitative estimate of drug-likeness (QED) is 0.860. The van der Waals surface area contributed by atoms with E-state index in [1.54, 1.807) is 12.4 Å². The van der Waals surface area contributed by atoms with Crippen molar-refractivity contribution in [1.82, 2.24) is 10.3 Å².